The van der Waals surface area contributed by atoms with E-state index >= 15 is 0 Å². The van der Waals surface area contributed by atoms with Crippen molar-refractivity contribution < 1.29 is 4.79 Å². The third-order valence-electron chi connectivity index (χ3n) is 7.78. The maximum atomic E-state index is 13.6. The number of carbonyl (C=O) groups excluding carboxylic acids is 1. The van der Waals surface area contributed by atoms with E-state index in [4.69, 9.17) is 0 Å². The number of carbonyl (C=O) groups is 1. The molecule has 0 bridgehead atoms. The van der Waals surface area contributed by atoms with E-state index in [0.717, 1.165) is 61.6 Å². The van der Waals surface area contributed by atoms with Crippen LogP contribution < -0.4 is 14.7 Å². The predicted molar refractivity (Wildman–Crippen MR) is 171 cm³/mol. The molecule has 0 atom stereocenters. The molecule has 0 spiro atoms. The van der Waals surface area contributed by atoms with Gasteiger partial charge in [0.2, 0.25) is 0 Å². The highest BCUT2D eigenvalue weighted by Crippen LogP contribution is 2.45. The van der Waals surface area contributed by atoms with E-state index in [1.807, 2.05) is 67.5 Å². The summed E-state index contributed by atoms with van der Waals surface area (Å²) < 4.78 is 0. The van der Waals surface area contributed by atoms with E-state index in [-0.39, 0.29) is 5.91 Å². The highest BCUT2D eigenvalue weighted by Gasteiger charge is 2.31. The molecule has 0 fully saturated rings. The first kappa shape index (κ1) is 24.7. The molecule has 4 nitrogen and oxygen atoms in total. The van der Waals surface area contributed by atoms with E-state index in [2.05, 4.69) is 101 Å². The zero-order valence-corrected chi connectivity index (χ0v) is 23.0. The Balaban J connectivity index is 1.29. The molecular weight excluding hydrogens is 502 g/mol. The van der Waals surface area contributed by atoms with Gasteiger partial charge in [0, 0.05) is 47.9 Å². The third kappa shape index (κ3) is 4.21. The zero-order chi connectivity index (χ0) is 27.9. The minimum Gasteiger partial charge on any atom is -0.378 e. The molecule has 1 amide bonds. The molecule has 0 aromatic heterocycles. The summed E-state index contributed by atoms with van der Waals surface area (Å²) in [5, 5.41) is 2.09. The smallest absolute Gasteiger partial charge is 0.263 e. The lowest BCUT2D eigenvalue weighted by Gasteiger charge is -2.25. The lowest BCUT2D eigenvalue weighted by atomic mass is 9.95. The van der Waals surface area contributed by atoms with Gasteiger partial charge in [-0.3, -0.25) is 9.69 Å². The Morgan fingerprint density at radius 3 is 1.71 bits per heavy atom. The van der Waals surface area contributed by atoms with Gasteiger partial charge >= 0.3 is 0 Å². The molecule has 0 saturated heterocycles. The lowest BCUT2D eigenvalue weighted by molar-refractivity contribution is 0.100. The molecule has 6 aromatic carbocycles. The van der Waals surface area contributed by atoms with Gasteiger partial charge < -0.3 is 9.80 Å². The van der Waals surface area contributed by atoms with Crippen LogP contribution in [0.25, 0.3) is 21.9 Å². The average Bonchev–Trinajstić information content (AvgIpc) is 3.31. The summed E-state index contributed by atoms with van der Waals surface area (Å²) in [5.74, 6) is 0.0112. The fourth-order valence-corrected chi connectivity index (χ4v) is 5.78. The normalized spacial score (nSPS) is 12.1. The van der Waals surface area contributed by atoms with E-state index in [1.54, 1.807) is 0 Å². The average molecular weight is 532 g/mol. The van der Waals surface area contributed by atoms with Crippen molar-refractivity contribution in [3.63, 3.8) is 0 Å². The van der Waals surface area contributed by atoms with Crippen LogP contribution in [0.4, 0.5) is 34.1 Å². The quantitative estimate of drug-likeness (QED) is 0.214. The van der Waals surface area contributed by atoms with Gasteiger partial charge in [0.1, 0.15) is 0 Å². The number of para-hydroxylation sites is 2. The van der Waals surface area contributed by atoms with Crippen LogP contribution in [0.15, 0.2) is 140 Å². The number of benzene rings is 6. The highest BCUT2D eigenvalue weighted by molar-refractivity contribution is 6.29. The Morgan fingerprint density at radius 1 is 0.512 bits per heavy atom. The van der Waals surface area contributed by atoms with Crippen LogP contribution in [0.2, 0.25) is 0 Å². The second-order valence-corrected chi connectivity index (χ2v) is 10.5. The number of anilines is 6. The van der Waals surface area contributed by atoms with Crippen LogP contribution in [0, 0.1) is 0 Å². The summed E-state index contributed by atoms with van der Waals surface area (Å²) in [7, 11) is 4.03. The van der Waals surface area contributed by atoms with Crippen molar-refractivity contribution in [1.29, 1.82) is 0 Å². The van der Waals surface area contributed by atoms with E-state index in [1.165, 1.54) is 0 Å². The second-order valence-electron chi connectivity index (χ2n) is 10.5. The highest BCUT2D eigenvalue weighted by atomic mass is 16.2. The second kappa shape index (κ2) is 10.00. The molecule has 0 radical (unpaired) electrons. The van der Waals surface area contributed by atoms with Crippen LogP contribution in [0.1, 0.15) is 10.4 Å². The number of rotatable bonds is 6. The lowest BCUT2D eigenvalue weighted by Crippen LogP contribution is -2.20. The fraction of sp³-hybridized carbons (Fsp3) is 0.0541. The van der Waals surface area contributed by atoms with Gasteiger partial charge in [-0.1, -0.05) is 66.7 Å². The Morgan fingerprint density at radius 2 is 1.10 bits per heavy atom. The number of nitrogens with zero attached hydrogens (tertiary/aromatic N) is 3. The van der Waals surface area contributed by atoms with Crippen LogP contribution in [-0.2, 0) is 0 Å². The van der Waals surface area contributed by atoms with Crippen molar-refractivity contribution in [2.75, 3.05) is 28.8 Å². The van der Waals surface area contributed by atoms with Crippen molar-refractivity contribution in [2.45, 2.75) is 0 Å². The minimum atomic E-state index is 0.0112. The number of amides is 1. The molecule has 1 aliphatic heterocycles. The topological polar surface area (TPSA) is 26.8 Å². The van der Waals surface area contributed by atoms with Crippen LogP contribution in [0.5, 0.6) is 0 Å². The fourth-order valence-electron chi connectivity index (χ4n) is 5.78. The standard InChI is InChI=1S/C37H29N3O/c1-38(2)27-20-22-31(23-21-27)40-35-25-24-32(33-14-9-15-34(36(33)35)37(40)41)26-16-18-30(19-17-26)39(28-10-5-3-6-11-28)29-12-7-4-8-13-29/h3-25H,1-2H3. The first-order chi connectivity index (χ1) is 20.1. The van der Waals surface area contributed by atoms with Crippen molar-refractivity contribution in [1.82, 2.24) is 0 Å². The summed E-state index contributed by atoms with van der Waals surface area (Å²) >= 11 is 0. The van der Waals surface area contributed by atoms with Gasteiger partial charge in [0.25, 0.3) is 5.91 Å². The molecule has 1 heterocycles. The Labute approximate surface area is 240 Å². The molecule has 41 heavy (non-hydrogen) atoms. The molecule has 1 aliphatic rings. The summed E-state index contributed by atoms with van der Waals surface area (Å²) in [4.78, 5) is 19.8. The summed E-state index contributed by atoms with van der Waals surface area (Å²) in [6.07, 6.45) is 0. The number of hydrogen-bond acceptors (Lipinski definition) is 3. The van der Waals surface area contributed by atoms with Gasteiger partial charge in [-0.2, -0.15) is 0 Å². The van der Waals surface area contributed by atoms with Gasteiger partial charge in [-0.05, 0) is 89.3 Å². The van der Waals surface area contributed by atoms with Crippen molar-refractivity contribution in [2.24, 2.45) is 0 Å². The first-order valence-corrected chi connectivity index (χ1v) is 13.8. The van der Waals surface area contributed by atoms with Gasteiger partial charge in [0.05, 0.1) is 11.3 Å². The summed E-state index contributed by atoms with van der Waals surface area (Å²) in [6, 6.07) is 47.9. The molecule has 4 heteroatoms. The van der Waals surface area contributed by atoms with Crippen LogP contribution in [0.3, 0.4) is 0 Å². The molecule has 0 unspecified atom stereocenters. The molecular formula is C37H29N3O. The molecule has 0 aliphatic carbocycles. The van der Waals surface area contributed by atoms with E-state index in [9.17, 15) is 4.79 Å². The van der Waals surface area contributed by atoms with Crippen LogP contribution in [-0.4, -0.2) is 20.0 Å². The van der Waals surface area contributed by atoms with Gasteiger partial charge in [-0.25, -0.2) is 0 Å². The monoisotopic (exact) mass is 531 g/mol. The summed E-state index contributed by atoms with van der Waals surface area (Å²) in [5.41, 5.74) is 9.16. The summed E-state index contributed by atoms with van der Waals surface area (Å²) in [6.45, 7) is 0. The van der Waals surface area contributed by atoms with E-state index in [0.29, 0.717) is 0 Å². The SMILES string of the molecule is CN(C)c1ccc(N2C(=O)c3cccc4c(-c5ccc(N(c6ccccc6)c6ccccc6)cc5)ccc2c34)cc1. The third-order valence-corrected chi connectivity index (χ3v) is 7.78. The minimum absolute atomic E-state index is 0.0112. The van der Waals surface area contributed by atoms with Gasteiger partial charge in [0.15, 0.2) is 0 Å². The molecule has 198 valence electrons. The van der Waals surface area contributed by atoms with Gasteiger partial charge in [-0.15, -0.1) is 0 Å². The van der Waals surface area contributed by atoms with Crippen molar-refractivity contribution in [3.05, 3.63) is 145 Å². The molecule has 0 N–H and O–H groups in total. The maximum absolute atomic E-state index is 13.6. The Kier molecular flexibility index (Phi) is 6.02. The Hall–Kier alpha value is -5.35. The first-order valence-electron chi connectivity index (χ1n) is 13.8. The largest absolute Gasteiger partial charge is 0.378 e. The number of hydrogen-bond donors (Lipinski definition) is 0. The van der Waals surface area contributed by atoms with Crippen molar-refractivity contribution in [3.8, 4) is 11.1 Å². The molecule has 6 aromatic rings. The Bertz CT molecular complexity index is 1820. The molecule has 7 rings (SSSR count). The van der Waals surface area contributed by atoms with Crippen molar-refractivity contribution >= 4 is 50.8 Å². The predicted octanol–water partition coefficient (Wildman–Crippen LogP) is 9.33. The zero-order valence-electron chi connectivity index (χ0n) is 23.0. The van der Waals surface area contributed by atoms with E-state index < -0.39 is 0 Å². The molecule has 0 saturated carbocycles. The maximum Gasteiger partial charge on any atom is 0.263 e. The van der Waals surface area contributed by atoms with Crippen LogP contribution >= 0.6 is 0 Å².